The minimum Gasteiger partial charge on any atom is -0.369 e. The molecule has 0 atom stereocenters. The van der Waals surface area contributed by atoms with Crippen LogP contribution in [0.4, 0.5) is 20.2 Å². The second-order valence-electron chi connectivity index (χ2n) is 6.03. The van der Waals surface area contributed by atoms with E-state index >= 15 is 0 Å². The Balaban J connectivity index is 1.51. The highest BCUT2D eigenvalue weighted by molar-refractivity contribution is 6.42. The van der Waals surface area contributed by atoms with Crippen molar-refractivity contribution in [1.29, 1.82) is 0 Å². The van der Waals surface area contributed by atoms with E-state index in [0.717, 1.165) is 30.9 Å². The smallest absolute Gasteiger partial charge is 0.238 e. The van der Waals surface area contributed by atoms with Gasteiger partial charge in [0, 0.05) is 37.9 Å². The highest BCUT2D eigenvalue weighted by Gasteiger charge is 2.20. The topological polar surface area (TPSA) is 35.6 Å². The van der Waals surface area contributed by atoms with Crippen LogP contribution >= 0.6 is 23.2 Å². The number of amides is 1. The minimum absolute atomic E-state index is 0.0224. The summed E-state index contributed by atoms with van der Waals surface area (Å²) >= 11 is 12.0. The molecule has 1 saturated heterocycles. The SMILES string of the molecule is O=C(CN1CCN(c2ccc(Cl)c(Cl)c2)CC1)Nc1ccc(F)cc1F. The highest BCUT2D eigenvalue weighted by Crippen LogP contribution is 2.27. The van der Waals surface area contributed by atoms with Gasteiger partial charge in [-0.2, -0.15) is 0 Å². The molecule has 0 radical (unpaired) electrons. The monoisotopic (exact) mass is 399 g/mol. The van der Waals surface area contributed by atoms with Crippen LogP contribution in [0.2, 0.25) is 10.0 Å². The highest BCUT2D eigenvalue weighted by atomic mass is 35.5. The van der Waals surface area contributed by atoms with E-state index < -0.39 is 11.6 Å². The molecule has 1 aliphatic heterocycles. The van der Waals surface area contributed by atoms with Crippen LogP contribution in [0.1, 0.15) is 0 Å². The summed E-state index contributed by atoms with van der Waals surface area (Å²) in [6, 6.07) is 8.55. The zero-order valence-electron chi connectivity index (χ0n) is 13.8. The number of nitrogens with zero attached hydrogens (tertiary/aromatic N) is 2. The number of carbonyl (C=O) groups is 1. The number of rotatable bonds is 4. The lowest BCUT2D eigenvalue weighted by atomic mass is 10.2. The summed E-state index contributed by atoms with van der Waals surface area (Å²) < 4.78 is 26.5. The Hall–Kier alpha value is -1.89. The maximum Gasteiger partial charge on any atom is 0.238 e. The maximum atomic E-state index is 13.6. The average molecular weight is 400 g/mol. The Labute approximate surface area is 160 Å². The van der Waals surface area contributed by atoms with E-state index in [1.165, 1.54) is 6.07 Å². The first-order chi connectivity index (χ1) is 12.4. The molecule has 0 spiro atoms. The zero-order valence-corrected chi connectivity index (χ0v) is 15.3. The molecule has 138 valence electrons. The molecular weight excluding hydrogens is 383 g/mol. The van der Waals surface area contributed by atoms with Crippen LogP contribution in [0.25, 0.3) is 0 Å². The summed E-state index contributed by atoms with van der Waals surface area (Å²) in [5.74, 6) is -1.81. The normalized spacial score (nSPS) is 15.2. The van der Waals surface area contributed by atoms with E-state index in [0.29, 0.717) is 23.1 Å². The summed E-state index contributed by atoms with van der Waals surface area (Å²) in [4.78, 5) is 16.2. The van der Waals surface area contributed by atoms with E-state index in [1.54, 1.807) is 6.07 Å². The molecule has 0 unspecified atom stereocenters. The average Bonchev–Trinajstić information content (AvgIpc) is 2.60. The van der Waals surface area contributed by atoms with Gasteiger partial charge < -0.3 is 10.2 Å². The molecule has 26 heavy (non-hydrogen) atoms. The second-order valence-corrected chi connectivity index (χ2v) is 6.85. The molecule has 1 amide bonds. The van der Waals surface area contributed by atoms with Gasteiger partial charge in [0.1, 0.15) is 11.6 Å². The molecular formula is C18H17Cl2F2N3O. The molecule has 4 nitrogen and oxygen atoms in total. The van der Waals surface area contributed by atoms with Gasteiger partial charge in [0.25, 0.3) is 0 Å². The Morgan fingerprint density at radius 1 is 1.00 bits per heavy atom. The summed E-state index contributed by atoms with van der Waals surface area (Å²) in [5.41, 5.74) is 0.961. The van der Waals surface area contributed by atoms with Crippen molar-refractivity contribution in [3.05, 3.63) is 58.1 Å². The van der Waals surface area contributed by atoms with E-state index in [2.05, 4.69) is 10.2 Å². The largest absolute Gasteiger partial charge is 0.369 e. The molecule has 8 heteroatoms. The lowest BCUT2D eigenvalue weighted by Gasteiger charge is -2.35. The van der Waals surface area contributed by atoms with Crippen molar-refractivity contribution < 1.29 is 13.6 Å². The number of hydrogen-bond acceptors (Lipinski definition) is 3. The molecule has 0 aliphatic carbocycles. The molecule has 1 N–H and O–H groups in total. The van der Waals surface area contributed by atoms with E-state index in [4.69, 9.17) is 23.2 Å². The van der Waals surface area contributed by atoms with Crippen LogP contribution in [0.15, 0.2) is 36.4 Å². The second kappa shape index (κ2) is 8.20. The van der Waals surface area contributed by atoms with Gasteiger partial charge in [-0.25, -0.2) is 8.78 Å². The number of carbonyl (C=O) groups excluding carboxylic acids is 1. The quantitative estimate of drug-likeness (QED) is 0.842. The van der Waals surface area contributed by atoms with Crippen molar-refractivity contribution in [2.75, 3.05) is 42.9 Å². The van der Waals surface area contributed by atoms with Gasteiger partial charge in [0.2, 0.25) is 5.91 Å². The first-order valence-corrected chi connectivity index (χ1v) is 8.85. The van der Waals surface area contributed by atoms with E-state index in [9.17, 15) is 13.6 Å². The van der Waals surface area contributed by atoms with Crippen LogP contribution < -0.4 is 10.2 Å². The molecule has 1 heterocycles. The van der Waals surface area contributed by atoms with Gasteiger partial charge in [-0.1, -0.05) is 23.2 Å². The summed E-state index contributed by atoms with van der Waals surface area (Å²) in [7, 11) is 0. The molecule has 0 bridgehead atoms. The van der Waals surface area contributed by atoms with Crippen molar-refractivity contribution >= 4 is 40.5 Å². The first-order valence-electron chi connectivity index (χ1n) is 8.09. The third kappa shape index (κ3) is 4.63. The van der Waals surface area contributed by atoms with Crippen LogP contribution in [0.5, 0.6) is 0 Å². The maximum absolute atomic E-state index is 13.6. The number of nitrogens with one attached hydrogen (secondary N) is 1. The van der Waals surface area contributed by atoms with E-state index in [1.807, 2.05) is 17.0 Å². The van der Waals surface area contributed by atoms with Gasteiger partial charge in [-0.05, 0) is 30.3 Å². The van der Waals surface area contributed by atoms with Gasteiger partial charge in [0.05, 0.1) is 22.3 Å². The van der Waals surface area contributed by atoms with Gasteiger partial charge in [0.15, 0.2) is 0 Å². The van der Waals surface area contributed by atoms with Crippen molar-refractivity contribution in [2.45, 2.75) is 0 Å². The standard InChI is InChI=1S/C18H17Cl2F2N3O/c19-14-3-2-13(10-15(14)20)25-7-5-24(6-8-25)11-18(26)23-17-4-1-12(21)9-16(17)22/h1-4,9-10H,5-8,11H2,(H,23,26). The number of benzene rings is 2. The van der Waals surface area contributed by atoms with Gasteiger partial charge in [-0.15, -0.1) is 0 Å². The lowest BCUT2D eigenvalue weighted by Crippen LogP contribution is -2.48. The third-order valence-corrected chi connectivity index (χ3v) is 4.95. The number of piperazine rings is 1. The number of halogens is 4. The molecule has 3 rings (SSSR count). The van der Waals surface area contributed by atoms with Crippen molar-refractivity contribution in [1.82, 2.24) is 4.90 Å². The predicted octanol–water partition coefficient (Wildman–Crippen LogP) is 4.03. The molecule has 0 saturated carbocycles. The molecule has 0 aromatic heterocycles. The van der Waals surface area contributed by atoms with Gasteiger partial charge in [-0.3, -0.25) is 9.69 Å². The summed E-state index contributed by atoms with van der Waals surface area (Å²) in [6.45, 7) is 2.97. The fourth-order valence-electron chi connectivity index (χ4n) is 2.83. The summed E-state index contributed by atoms with van der Waals surface area (Å²) in [5, 5.41) is 3.49. The van der Waals surface area contributed by atoms with Crippen LogP contribution in [0, 0.1) is 11.6 Å². The molecule has 2 aromatic carbocycles. The molecule has 2 aromatic rings. The Kier molecular flexibility index (Phi) is 5.96. The predicted molar refractivity (Wildman–Crippen MR) is 100 cm³/mol. The molecule has 1 fully saturated rings. The zero-order chi connectivity index (χ0) is 18.7. The van der Waals surface area contributed by atoms with Crippen LogP contribution in [-0.4, -0.2) is 43.5 Å². The van der Waals surface area contributed by atoms with Crippen molar-refractivity contribution in [2.24, 2.45) is 0 Å². The molecule has 1 aliphatic rings. The van der Waals surface area contributed by atoms with Gasteiger partial charge >= 0.3 is 0 Å². The minimum atomic E-state index is -0.789. The Morgan fingerprint density at radius 3 is 2.38 bits per heavy atom. The Morgan fingerprint density at radius 2 is 1.73 bits per heavy atom. The van der Waals surface area contributed by atoms with Crippen molar-refractivity contribution in [3.63, 3.8) is 0 Å². The number of hydrogen-bond donors (Lipinski definition) is 1. The Bertz CT molecular complexity index is 811. The summed E-state index contributed by atoms with van der Waals surface area (Å²) in [6.07, 6.45) is 0. The third-order valence-electron chi connectivity index (χ3n) is 4.21. The fraction of sp³-hybridized carbons (Fsp3) is 0.278. The number of anilines is 2. The fourth-order valence-corrected chi connectivity index (χ4v) is 3.12. The van der Waals surface area contributed by atoms with Crippen LogP contribution in [0.3, 0.4) is 0 Å². The van der Waals surface area contributed by atoms with E-state index in [-0.39, 0.29) is 18.1 Å². The van der Waals surface area contributed by atoms with Crippen molar-refractivity contribution in [3.8, 4) is 0 Å². The first kappa shape index (κ1) is 18.9. The lowest BCUT2D eigenvalue weighted by molar-refractivity contribution is -0.117. The van der Waals surface area contributed by atoms with Crippen LogP contribution in [-0.2, 0) is 4.79 Å².